The largest absolute Gasteiger partial charge is 0.340 e. The molecule has 2 aliphatic heterocycles. The van der Waals surface area contributed by atoms with Crippen LogP contribution in [0.2, 0.25) is 0 Å². The van der Waals surface area contributed by atoms with E-state index in [1.54, 1.807) is 17.1 Å². The predicted molar refractivity (Wildman–Crippen MR) is 161 cm³/mol. The van der Waals surface area contributed by atoms with Gasteiger partial charge in [0.05, 0.1) is 18.1 Å². The molecule has 2 saturated heterocycles. The summed E-state index contributed by atoms with van der Waals surface area (Å²) in [6, 6.07) is 7.75. The lowest BCUT2D eigenvalue weighted by atomic mass is 9.98. The number of likely N-dealkylation sites (N-methyl/N-ethyl adjacent to an activating group) is 1. The summed E-state index contributed by atoms with van der Waals surface area (Å²) in [4.78, 5) is 38.0. The Hall–Kier alpha value is -4.78. The molecule has 4 aromatic heterocycles. The van der Waals surface area contributed by atoms with Crippen LogP contribution in [0.5, 0.6) is 0 Å². The van der Waals surface area contributed by atoms with Crippen molar-refractivity contribution in [2.45, 2.75) is 19.4 Å². The SMILES string of the molecule is CN1CCN(C(=O)c2ccc(-c3cnc(N4CCC[C@@H](Cn5nnc6ncc(-c7cnn(C)c7)nc65)C4)nc3)cc2)CC1. The van der Waals surface area contributed by atoms with Crippen molar-refractivity contribution in [3.63, 3.8) is 0 Å². The van der Waals surface area contributed by atoms with E-state index in [1.807, 2.05) is 59.5 Å². The molecular weight excluding hydrogens is 544 g/mol. The van der Waals surface area contributed by atoms with Gasteiger partial charge in [0.1, 0.15) is 0 Å². The smallest absolute Gasteiger partial charge is 0.253 e. The van der Waals surface area contributed by atoms with E-state index < -0.39 is 0 Å². The number of aryl methyl sites for hydroxylation is 1. The van der Waals surface area contributed by atoms with Crippen molar-refractivity contribution >= 4 is 23.1 Å². The molecule has 0 aliphatic carbocycles. The van der Waals surface area contributed by atoms with Crippen molar-refractivity contribution in [2.75, 3.05) is 51.2 Å². The molecular formula is C30H34N12O. The fraction of sp³-hybridized carbons (Fsp3) is 0.400. The van der Waals surface area contributed by atoms with Gasteiger partial charge in [-0.05, 0) is 43.5 Å². The maximum Gasteiger partial charge on any atom is 0.253 e. The molecule has 6 heterocycles. The molecule has 7 rings (SSSR count). The Labute approximate surface area is 249 Å². The quantitative estimate of drug-likeness (QED) is 0.296. The van der Waals surface area contributed by atoms with Gasteiger partial charge in [0.2, 0.25) is 11.6 Å². The van der Waals surface area contributed by atoms with Gasteiger partial charge in [-0.2, -0.15) is 5.10 Å². The van der Waals surface area contributed by atoms with Crippen molar-refractivity contribution in [2.24, 2.45) is 13.0 Å². The molecule has 2 aliphatic rings. The van der Waals surface area contributed by atoms with Crippen molar-refractivity contribution in [3.8, 4) is 22.4 Å². The van der Waals surface area contributed by atoms with Crippen LogP contribution in [-0.4, -0.2) is 107 Å². The lowest BCUT2D eigenvalue weighted by molar-refractivity contribution is 0.0664. The number of nitrogens with zero attached hydrogens (tertiary/aromatic N) is 12. The second-order valence-electron chi connectivity index (χ2n) is 11.5. The van der Waals surface area contributed by atoms with Crippen LogP contribution in [0.1, 0.15) is 23.2 Å². The fourth-order valence-corrected chi connectivity index (χ4v) is 5.84. The van der Waals surface area contributed by atoms with E-state index in [2.05, 4.69) is 37.2 Å². The van der Waals surface area contributed by atoms with Crippen molar-refractivity contribution in [1.29, 1.82) is 0 Å². The van der Waals surface area contributed by atoms with Crippen molar-refractivity contribution in [3.05, 3.63) is 60.8 Å². The summed E-state index contributed by atoms with van der Waals surface area (Å²) in [7, 11) is 3.97. The maximum atomic E-state index is 12.9. The number of piperidine rings is 1. The highest BCUT2D eigenvalue weighted by molar-refractivity contribution is 5.94. The zero-order valence-electron chi connectivity index (χ0n) is 24.4. The standard InChI is InChI=1S/C30H34N12O/c1-38-10-12-40(13-11-38)29(43)23-7-5-22(6-8-23)24-14-32-30(33-15-24)41-9-3-4-21(18-41)19-42-28-27(36-37-42)31-17-26(35-28)25-16-34-39(2)20-25/h5-8,14-17,20-21H,3-4,9-13,18-19H2,1-2H3/t21-/m1/s1. The molecule has 0 bridgehead atoms. The van der Waals surface area contributed by atoms with Crippen LogP contribution in [0.15, 0.2) is 55.2 Å². The number of amides is 1. The monoisotopic (exact) mass is 578 g/mol. The molecule has 0 unspecified atom stereocenters. The molecule has 0 saturated carbocycles. The molecule has 1 aromatic carbocycles. The van der Waals surface area contributed by atoms with Gasteiger partial charge in [-0.1, -0.05) is 17.3 Å². The normalized spacial score (nSPS) is 18.0. The van der Waals surface area contributed by atoms with Gasteiger partial charge in [0.25, 0.3) is 5.91 Å². The number of carbonyl (C=O) groups excluding carboxylic acids is 1. The third kappa shape index (κ3) is 5.67. The summed E-state index contributed by atoms with van der Waals surface area (Å²) >= 11 is 0. The molecule has 13 heteroatoms. The number of fused-ring (bicyclic) bond motifs is 1. The third-order valence-corrected chi connectivity index (χ3v) is 8.35. The van der Waals surface area contributed by atoms with Gasteiger partial charge in [0.15, 0.2) is 5.65 Å². The Morgan fingerprint density at radius 2 is 1.67 bits per heavy atom. The first kappa shape index (κ1) is 27.1. The zero-order chi connectivity index (χ0) is 29.3. The van der Waals surface area contributed by atoms with Crippen molar-refractivity contribution < 1.29 is 4.79 Å². The number of aromatic nitrogens is 9. The molecule has 13 nitrogen and oxygen atoms in total. The van der Waals surface area contributed by atoms with Gasteiger partial charge < -0.3 is 14.7 Å². The van der Waals surface area contributed by atoms with Crippen LogP contribution in [-0.2, 0) is 13.6 Å². The van der Waals surface area contributed by atoms with Crippen LogP contribution >= 0.6 is 0 Å². The fourth-order valence-electron chi connectivity index (χ4n) is 5.84. The zero-order valence-corrected chi connectivity index (χ0v) is 24.4. The Kier molecular flexibility index (Phi) is 7.23. The first-order chi connectivity index (χ1) is 21.0. The number of hydrogen-bond donors (Lipinski definition) is 0. The third-order valence-electron chi connectivity index (χ3n) is 8.35. The average Bonchev–Trinajstić information content (AvgIpc) is 3.67. The summed E-state index contributed by atoms with van der Waals surface area (Å²) in [6.07, 6.45) is 11.2. The molecule has 43 heavy (non-hydrogen) atoms. The minimum atomic E-state index is 0.0887. The molecule has 0 spiro atoms. The first-order valence-electron chi connectivity index (χ1n) is 14.7. The second-order valence-corrected chi connectivity index (χ2v) is 11.5. The minimum absolute atomic E-state index is 0.0887. The summed E-state index contributed by atoms with van der Waals surface area (Å²) in [5.74, 6) is 1.15. The van der Waals surface area contributed by atoms with Gasteiger partial charge in [0, 0.05) is 88.1 Å². The summed E-state index contributed by atoms with van der Waals surface area (Å²) < 4.78 is 3.61. The number of anilines is 1. The lowest BCUT2D eigenvalue weighted by Crippen LogP contribution is -2.47. The highest BCUT2D eigenvalue weighted by Crippen LogP contribution is 2.25. The Bertz CT molecular complexity index is 1720. The summed E-state index contributed by atoms with van der Waals surface area (Å²) in [6.45, 7) is 5.76. The lowest BCUT2D eigenvalue weighted by Gasteiger charge is -2.32. The van der Waals surface area contributed by atoms with Gasteiger partial charge >= 0.3 is 0 Å². The number of hydrogen-bond acceptors (Lipinski definition) is 10. The van der Waals surface area contributed by atoms with E-state index in [1.165, 1.54) is 0 Å². The highest BCUT2D eigenvalue weighted by atomic mass is 16.2. The molecule has 0 N–H and O–H groups in total. The molecule has 1 atom stereocenters. The Balaban J connectivity index is 1.00. The number of piperazine rings is 1. The van der Waals surface area contributed by atoms with E-state index in [9.17, 15) is 4.79 Å². The van der Waals surface area contributed by atoms with Crippen LogP contribution in [0.25, 0.3) is 33.7 Å². The van der Waals surface area contributed by atoms with E-state index in [-0.39, 0.29) is 5.91 Å². The second kappa shape index (κ2) is 11.5. The molecule has 220 valence electrons. The Morgan fingerprint density at radius 1 is 0.884 bits per heavy atom. The van der Waals surface area contributed by atoms with Crippen molar-refractivity contribution in [1.82, 2.24) is 54.5 Å². The van der Waals surface area contributed by atoms with Crippen LogP contribution in [0.3, 0.4) is 0 Å². The molecule has 1 amide bonds. The van der Waals surface area contributed by atoms with E-state index in [4.69, 9.17) is 15.0 Å². The summed E-state index contributed by atoms with van der Waals surface area (Å²) in [5, 5.41) is 12.8. The van der Waals surface area contributed by atoms with Gasteiger partial charge in [-0.3, -0.25) is 9.48 Å². The molecule has 0 radical (unpaired) electrons. The summed E-state index contributed by atoms with van der Waals surface area (Å²) in [5.41, 5.74) is 5.50. The minimum Gasteiger partial charge on any atom is -0.340 e. The Morgan fingerprint density at radius 3 is 2.42 bits per heavy atom. The maximum absolute atomic E-state index is 12.9. The van der Waals surface area contributed by atoms with E-state index in [0.29, 0.717) is 29.3 Å². The van der Waals surface area contributed by atoms with E-state index in [0.717, 1.165) is 80.4 Å². The average molecular weight is 579 g/mol. The molecule has 5 aromatic rings. The number of carbonyl (C=O) groups is 1. The number of benzene rings is 1. The van der Waals surface area contributed by atoms with Crippen LogP contribution < -0.4 is 4.90 Å². The van der Waals surface area contributed by atoms with Crippen LogP contribution in [0.4, 0.5) is 5.95 Å². The van der Waals surface area contributed by atoms with Crippen LogP contribution in [0, 0.1) is 5.92 Å². The van der Waals surface area contributed by atoms with E-state index >= 15 is 0 Å². The first-order valence-corrected chi connectivity index (χ1v) is 14.7. The highest BCUT2D eigenvalue weighted by Gasteiger charge is 2.24. The molecule has 2 fully saturated rings. The van der Waals surface area contributed by atoms with Gasteiger partial charge in [-0.25, -0.2) is 24.6 Å². The number of rotatable bonds is 6. The topological polar surface area (TPSA) is 127 Å². The predicted octanol–water partition coefficient (Wildman–Crippen LogP) is 2.38. The van der Waals surface area contributed by atoms with Gasteiger partial charge in [-0.15, -0.1) is 5.10 Å².